The van der Waals surface area contributed by atoms with Crippen LogP contribution < -0.4 is 16.4 Å². The van der Waals surface area contributed by atoms with Gasteiger partial charge in [-0.15, -0.1) is 0 Å². The Morgan fingerprint density at radius 2 is 2.15 bits per heavy atom. The number of aromatic nitrogens is 2. The maximum absolute atomic E-state index is 11.5. The summed E-state index contributed by atoms with van der Waals surface area (Å²) in [5.74, 6) is -0.672. The van der Waals surface area contributed by atoms with E-state index in [4.69, 9.17) is 17.3 Å². The van der Waals surface area contributed by atoms with Crippen LogP contribution in [0.5, 0.6) is 0 Å². The van der Waals surface area contributed by atoms with Crippen molar-refractivity contribution >= 4 is 34.4 Å². The maximum atomic E-state index is 11.5. The van der Waals surface area contributed by atoms with Crippen LogP contribution in [0.3, 0.4) is 0 Å². The first-order chi connectivity index (χ1) is 9.60. The van der Waals surface area contributed by atoms with Gasteiger partial charge < -0.3 is 21.4 Å². The number of rotatable bonds is 5. The number of carbonyl (C=O) groups excluding carboxylic acids is 2. The van der Waals surface area contributed by atoms with Gasteiger partial charge in [-0.1, -0.05) is 11.6 Å². The van der Waals surface area contributed by atoms with Gasteiger partial charge in [0.05, 0.1) is 18.1 Å². The van der Waals surface area contributed by atoms with Crippen molar-refractivity contribution in [2.24, 2.45) is 5.73 Å². The first-order valence-electron chi connectivity index (χ1n) is 5.95. The van der Waals surface area contributed by atoms with Gasteiger partial charge in [-0.05, 0) is 11.6 Å². The van der Waals surface area contributed by atoms with Gasteiger partial charge in [0.25, 0.3) is 0 Å². The number of pyridine rings is 1. The molecule has 0 aromatic carbocycles. The minimum atomic E-state index is -0.373. The number of H-pyrrole nitrogens is 1. The molecule has 0 aliphatic rings. The topological polar surface area (TPSA) is 113 Å². The van der Waals surface area contributed by atoms with Crippen molar-refractivity contribution in [1.29, 1.82) is 0 Å². The molecule has 2 rings (SSSR count). The van der Waals surface area contributed by atoms with Crippen molar-refractivity contribution in [3.63, 3.8) is 0 Å². The highest BCUT2D eigenvalue weighted by atomic mass is 35.5. The van der Waals surface area contributed by atoms with Crippen LogP contribution in [0, 0.1) is 0 Å². The van der Waals surface area contributed by atoms with Gasteiger partial charge in [0.15, 0.2) is 0 Å². The van der Waals surface area contributed by atoms with Crippen LogP contribution >= 0.6 is 11.6 Å². The van der Waals surface area contributed by atoms with Crippen LogP contribution in [0.4, 0.5) is 0 Å². The molecule has 0 unspecified atom stereocenters. The molecule has 2 amide bonds. The molecule has 5 N–H and O–H groups in total. The molecule has 8 heteroatoms. The van der Waals surface area contributed by atoms with Gasteiger partial charge >= 0.3 is 0 Å². The van der Waals surface area contributed by atoms with Crippen molar-refractivity contribution in [2.45, 2.75) is 6.54 Å². The predicted molar refractivity (Wildman–Crippen MR) is 75.0 cm³/mol. The number of amides is 2. The Hall–Kier alpha value is -2.12. The second-order valence-corrected chi connectivity index (χ2v) is 4.54. The van der Waals surface area contributed by atoms with Crippen LogP contribution in [-0.2, 0) is 16.1 Å². The van der Waals surface area contributed by atoms with Gasteiger partial charge in [-0.2, -0.15) is 0 Å². The zero-order valence-corrected chi connectivity index (χ0v) is 11.3. The normalized spacial score (nSPS) is 10.5. The molecule has 0 spiro atoms. The lowest BCUT2D eigenvalue weighted by Crippen LogP contribution is -2.39. The summed E-state index contributed by atoms with van der Waals surface area (Å²) in [6.07, 6.45) is 3.30. The standard InChI is InChI=1S/C12H14ClN5O2/c13-9-5-18-12-8(9)1-7(4-17-12)3-15-11(20)6-16-10(19)2-14/h1,4-5H,2-3,6,14H2,(H,15,20)(H,16,19)(H,17,18). The number of fused-ring (bicyclic) bond motifs is 1. The third-order valence-corrected chi connectivity index (χ3v) is 2.97. The lowest BCUT2D eigenvalue weighted by Gasteiger charge is -2.06. The van der Waals surface area contributed by atoms with Crippen molar-refractivity contribution < 1.29 is 9.59 Å². The average Bonchev–Trinajstić information content (AvgIpc) is 2.83. The molecule has 0 aliphatic carbocycles. The summed E-state index contributed by atoms with van der Waals surface area (Å²) in [6.45, 7) is 0.0677. The van der Waals surface area contributed by atoms with Gasteiger partial charge in [0.1, 0.15) is 5.65 Å². The lowest BCUT2D eigenvalue weighted by molar-refractivity contribution is -0.125. The third kappa shape index (κ3) is 3.46. The van der Waals surface area contributed by atoms with E-state index < -0.39 is 0 Å². The molecule has 0 fully saturated rings. The largest absolute Gasteiger partial charge is 0.350 e. The fourth-order valence-corrected chi connectivity index (χ4v) is 1.82. The second kappa shape index (κ2) is 6.36. The molecule has 0 aliphatic heterocycles. The van der Waals surface area contributed by atoms with E-state index in [-0.39, 0.29) is 24.9 Å². The van der Waals surface area contributed by atoms with E-state index in [1.165, 1.54) is 0 Å². The van der Waals surface area contributed by atoms with E-state index in [0.717, 1.165) is 10.9 Å². The average molecular weight is 296 g/mol. The van der Waals surface area contributed by atoms with Crippen molar-refractivity contribution in [3.8, 4) is 0 Å². The first kappa shape index (κ1) is 14.3. The van der Waals surface area contributed by atoms with Crippen LogP contribution in [-0.4, -0.2) is 34.9 Å². The SMILES string of the molecule is NCC(=O)NCC(=O)NCc1cnc2[nH]cc(Cl)c2c1. The van der Waals surface area contributed by atoms with Gasteiger partial charge in [0.2, 0.25) is 11.8 Å². The monoisotopic (exact) mass is 295 g/mol. The zero-order valence-electron chi connectivity index (χ0n) is 10.6. The number of nitrogens with zero attached hydrogens (tertiary/aromatic N) is 1. The molecule has 0 radical (unpaired) electrons. The van der Waals surface area contributed by atoms with Crippen molar-refractivity contribution in [3.05, 3.63) is 29.0 Å². The van der Waals surface area contributed by atoms with Crippen molar-refractivity contribution in [2.75, 3.05) is 13.1 Å². The number of halogens is 1. The molecule has 0 bridgehead atoms. The van der Waals surface area contributed by atoms with Crippen LogP contribution in [0.2, 0.25) is 5.02 Å². The summed E-state index contributed by atoms with van der Waals surface area (Å²) in [6, 6.07) is 1.85. The molecular formula is C12H14ClN5O2. The fourth-order valence-electron chi connectivity index (χ4n) is 1.63. The van der Waals surface area contributed by atoms with E-state index >= 15 is 0 Å². The summed E-state index contributed by atoms with van der Waals surface area (Å²) in [7, 11) is 0. The highest BCUT2D eigenvalue weighted by Gasteiger charge is 2.06. The van der Waals surface area contributed by atoms with Crippen LogP contribution in [0.15, 0.2) is 18.5 Å². The van der Waals surface area contributed by atoms with Crippen LogP contribution in [0.1, 0.15) is 5.56 Å². The summed E-state index contributed by atoms with van der Waals surface area (Å²) in [5, 5.41) is 6.43. The van der Waals surface area contributed by atoms with E-state index in [1.807, 2.05) is 6.07 Å². The summed E-state index contributed by atoms with van der Waals surface area (Å²) in [4.78, 5) is 29.5. The molecule has 106 valence electrons. The fraction of sp³-hybridized carbons (Fsp3) is 0.250. The summed E-state index contributed by atoms with van der Waals surface area (Å²) >= 11 is 5.99. The Bertz CT molecular complexity index is 640. The molecule has 2 aromatic rings. The number of hydrogen-bond acceptors (Lipinski definition) is 4. The Balaban J connectivity index is 1.90. The number of aromatic amines is 1. The van der Waals surface area contributed by atoms with E-state index in [1.54, 1.807) is 12.4 Å². The number of nitrogens with two attached hydrogens (primary N) is 1. The molecule has 2 heterocycles. The molecular weight excluding hydrogens is 282 g/mol. The quantitative estimate of drug-likeness (QED) is 0.617. The molecule has 2 aromatic heterocycles. The van der Waals surface area contributed by atoms with Gasteiger partial charge in [0, 0.05) is 24.3 Å². The van der Waals surface area contributed by atoms with E-state index in [0.29, 0.717) is 17.2 Å². The Labute approximate surface area is 119 Å². The third-order valence-electron chi connectivity index (χ3n) is 2.66. The van der Waals surface area contributed by atoms with E-state index in [9.17, 15) is 9.59 Å². The minimum absolute atomic E-state index is 0.101. The zero-order chi connectivity index (χ0) is 14.5. The predicted octanol–water partition coefficient (Wildman–Crippen LogP) is -0.0926. The second-order valence-electron chi connectivity index (χ2n) is 4.13. The molecule has 0 atom stereocenters. The summed E-state index contributed by atoms with van der Waals surface area (Å²) in [5.41, 5.74) is 6.62. The van der Waals surface area contributed by atoms with E-state index in [2.05, 4.69) is 20.6 Å². The van der Waals surface area contributed by atoms with Gasteiger partial charge in [-0.3, -0.25) is 9.59 Å². The Morgan fingerprint density at radius 1 is 1.35 bits per heavy atom. The summed E-state index contributed by atoms with van der Waals surface area (Å²) < 4.78 is 0. The Morgan fingerprint density at radius 3 is 2.90 bits per heavy atom. The van der Waals surface area contributed by atoms with Crippen molar-refractivity contribution in [1.82, 2.24) is 20.6 Å². The molecule has 20 heavy (non-hydrogen) atoms. The van der Waals surface area contributed by atoms with Gasteiger partial charge in [-0.25, -0.2) is 4.98 Å². The molecule has 0 saturated heterocycles. The lowest BCUT2D eigenvalue weighted by atomic mass is 10.2. The number of hydrogen-bond donors (Lipinski definition) is 4. The molecule has 0 saturated carbocycles. The smallest absolute Gasteiger partial charge is 0.239 e. The highest BCUT2D eigenvalue weighted by molar-refractivity contribution is 6.35. The number of nitrogens with one attached hydrogen (secondary N) is 3. The molecule has 7 nitrogen and oxygen atoms in total. The Kier molecular flexibility index (Phi) is 4.54. The number of carbonyl (C=O) groups is 2. The highest BCUT2D eigenvalue weighted by Crippen LogP contribution is 2.21. The maximum Gasteiger partial charge on any atom is 0.239 e. The van der Waals surface area contributed by atoms with Crippen LogP contribution in [0.25, 0.3) is 11.0 Å². The minimum Gasteiger partial charge on any atom is -0.350 e. The first-order valence-corrected chi connectivity index (χ1v) is 6.33.